The average molecular weight is 377 g/mol. The van der Waals surface area contributed by atoms with Crippen LogP contribution in [0.4, 0.5) is 0 Å². The summed E-state index contributed by atoms with van der Waals surface area (Å²) in [4.78, 5) is 24.2. The number of nitrogens with one attached hydrogen (secondary N) is 2. The van der Waals surface area contributed by atoms with Crippen molar-refractivity contribution < 1.29 is 9.59 Å². The highest BCUT2D eigenvalue weighted by Gasteiger charge is 2.43. The Morgan fingerprint density at radius 1 is 0.964 bits per heavy atom. The molecule has 2 N–H and O–H groups in total. The van der Waals surface area contributed by atoms with Crippen molar-refractivity contribution >= 4 is 11.8 Å². The van der Waals surface area contributed by atoms with Gasteiger partial charge >= 0.3 is 0 Å². The molecular weight excluding hydrogens is 348 g/mol. The number of rotatable bonds is 5. The van der Waals surface area contributed by atoms with Gasteiger partial charge in [-0.05, 0) is 40.5 Å². The minimum atomic E-state index is -0.488. The fourth-order valence-electron chi connectivity index (χ4n) is 5.06. The van der Waals surface area contributed by atoms with E-state index < -0.39 is 6.04 Å². The standard InChI is InChI=1S/C24H28N2O2/c1-14(2)23(26-15(3)27)24(28)25-13-16-12-21-17-8-4-6-10-19(17)22(16)20-11-7-5-9-18(20)21/h4-11,14,16,21-23H,12-13H2,1-3H3,(H,25,28)(H,26,27). The molecule has 3 aliphatic rings. The van der Waals surface area contributed by atoms with Gasteiger partial charge in [0, 0.05) is 25.3 Å². The zero-order valence-electron chi connectivity index (χ0n) is 16.7. The molecule has 0 heterocycles. The Morgan fingerprint density at radius 3 is 2.00 bits per heavy atom. The smallest absolute Gasteiger partial charge is 0.242 e. The zero-order chi connectivity index (χ0) is 19.8. The molecule has 2 atom stereocenters. The van der Waals surface area contributed by atoms with Gasteiger partial charge in [0.2, 0.25) is 11.8 Å². The van der Waals surface area contributed by atoms with E-state index in [2.05, 4.69) is 59.2 Å². The summed E-state index contributed by atoms with van der Waals surface area (Å²) >= 11 is 0. The van der Waals surface area contributed by atoms with Crippen molar-refractivity contribution in [1.82, 2.24) is 10.6 Å². The third-order valence-electron chi connectivity index (χ3n) is 6.27. The Kier molecular flexibility index (Phi) is 4.96. The van der Waals surface area contributed by atoms with Crippen LogP contribution in [-0.2, 0) is 9.59 Å². The number of amides is 2. The number of hydrogen-bond donors (Lipinski definition) is 2. The van der Waals surface area contributed by atoms with Crippen molar-refractivity contribution in [2.75, 3.05) is 6.54 Å². The van der Waals surface area contributed by atoms with Gasteiger partial charge in [0.05, 0.1) is 0 Å². The number of benzene rings is 2. The molecule has 3 aliphatic carbocycles. The molecule has 2 aromatic rings. The normalized spacial score (nSPS) is 22.9. The van der Waals surface area contributed by atoms with E-state index in [1.807, 2.05) is 13.8 Å². The molecule has 0 fully saturated rings. The molecule has 2 bridgehead atoms. The van der Waals surface area contributed by atoms with Crippen LogP contribution in [0.15, 0.2) is 48.5 Å². The first-order valence-corrected chi connectivity index (χ1v) is 10.2. The van der Waals surface area contributed by atoms with Crippen molar-refractivity contribution in [2.24, 2.45) is 11.8 Å². The summed E-state index contributed by atoms with van der Waals surface area (Å²) in [5.74, 6) is 0.866. The maximum absolute atomic E-state index is 12.7. The predicted molar refractivity (Wildman–Crippen MR) is 110 cm³/mol. The minimum absolute atomic E-state index is 0.0492. The van der Waals surface area contributed by atoms with Crippen LogP contribution in [0, 0.1) is 11.8 Å². The third kappa shape index (κ3) is 3.21. The first kappa shape index (κ1) is 18.7. The van der Waals surface area contributed by atoms with Crippen molar-refractivity contribution in [3.8, 4) is 0 Å². The molecule has 2 aromatic carbocycles. The maximum Gasteiger partial charge on any atom is 0.242 e. The van der Waals surface area contributed by atoms with Gasteiger partial charge in [-0.3, -0.25) is 9.59 Å². The number of carbonyl (C=O) groups is 2. The van der Waals surface area contributed by atoms with Gasteiger partial charge in [-0.15, -0.1) is 0 Å². The summed E-state index contributed by atoms with van der Waals surface area (Å²) in [7, 11) is 0. The molecule has 0 saturated carbocycles. The lowest BCUT2D eigenvalue weighted by Crippen LogP contribution is -2.50. The van der Waals surface area contributed by atoms with E-state index in [-0.39, 0.29) is 17.7 Å². The van der Waals surface area contributed by atoms with E-state index in [0.717, 1.165) is 6.42 Å². The molecule has 4 nitrogen and oxygen atoms in total. The molecule has 0 radical (unpaired) electrons. The van der Waals surface area contributed by atoms with E-state index in [1.54, 1.807) is 0 Å². The Hall–Kier alpha value is -2.62. The van der Waals surface area contributed by atoms with Crippen molar-refractivity contribution in [2.45, 2.75) is 45.1 Å². The van der Waals surface area contributed by atoms with Crippen molar-refractivity contribution in [3.63, 3.8) is 0 Å². The number of carbonyl (C=O) groups excluding carboxylic acids is 2. The van der Waals surface area contributed by atoms with Crippen molar-refractivity contribution in [1.29, 1.82) is 0 Å². The topological polar surface area (TPSA) is 58.2 Å². The molecule has 28 heavy (non-hydrogen) atoms. The second-order valence-electron chi connectivity index (χ2n) is 8.45. The van der Waals surface area contributed by atoms with Crippen LogP contribution in [0.1, 0.15) is 61.3 Å². The minimum Gasteiger partial charge on any atom is -0.354 e. The van der Waals surface area contributed by atoms with Crippen LogP contribution in [0.2, 0.25) is 0 Å². The molecular formula is C24H28N2O2. The monoisotopic (exact) mass is 376 g/mol. The lowest BCUT2D eigenvalue weighted by atomic mass is 9.59. The summed E-state index contributed by atoms with van der Waals surface area (Å²) < 4.78 is 0. The van der Waals surface area contributed by atoms with Gasteiger partial charge in [-0.1, -0.05) is 62.4 Å². The zero-order valence-corrected chi connectivity index (χ0v) is 16.7. The van der Waals surface area contributed by atoms with Gasteiger partial charge in [0.15, 0.2) is 0 Å². The summed E-state index contributed by atoms with van der Waals surface area (Å²) in [6.45, 7) is 5.99. The summed E-state index contributed by atoms with van der Waals surface area (Å²) in [6, 6.07) is 17.0. The van der Waals surface area contributed by atoms with Gasteiger partial charge in [0.1, 0.15) is 6.04 Å². The van der Waals surface area contributed by atoms with Crippen LogP contribution < -0.4 is 10.6 Å². The molecule has 2 amide bonds. The third-order valence-corrected chi connectivity index (χ3v) is 6.27. The quantitative estimate of drug-likeness (QED) is 0.838. The first-order chi connectivity index (χ1) is 13.5. The Bertz CT molecular complexity index is 857. The van der Waals surface area contributed by atoms with E-state index >= 15 is 0 Å². The van der Waals surface area contributed by atoms with Crippen LogP contribution in [-0.4, -0.2) is 24.4 Å². The van der Waals surface area contributed by atoms with Crippen LogP contribution in [0.5, 0.6) is 0 Å². The Morgan fingerprint density at radius 2 is 1.50 bits per heavy atom. The highest BCUT2D eigenvalue weighted by Crippen LogP contribution is 2.55. The van der Waals surface area contributed by atoms with Gasteiger partial charge in [-0.25, -0.2) is 0 Å². The second-order valence-corrected chi connectivity index (χ2v) is 8.45. The Labute approximate surface area is 166 Å². The second kappa shape index (κ2) is 7.42. The van der Waals surface area contributed by atoms with E-state index in [4.69, 9.17) is 0 Å². The molecule has 5 rings (SSSR count). The number of fused-ring (bicyclic) bond motifs is 1. The Balaban J connectivity index is 1.56. The predicted octanol–water partition coefficient (Wildman–Crippen LogP) is 3.56. The summed E-state index contributed by atoms with van der Waals surface area (Å²) in [5.41, 5.74) is 5.68. The largest absolute Gasteiger partial charge is 0.354 e. The van der Waals surface area contributed by atoms with Gasteiger partial charge in [0.25, 0.3) is 0 Å². The van der Waals surface area contributed by atoms with Crippen LogP contribution in [0.25, 0.3) is 0 Å². The maximum atomic E-state index is 12.7. The van der Waals surface area contributed by atoms with Gasteiger partial charge < -0.3 is 10.6 Å². The summed E-state index contributed by atoms with van der Waals surface area (Å²) in [6.07, 6.45) is 1.05. The molecule has 2 unspecified atom stereocenters. The lowest BCUT2D eigenvalue weighted by molar-refractivity contribution is -0.129. The molecule has 146 valence electrons. The van der Waals surface area contributed by atoms with Crippen LogP contribution >= 0.6 is 0 Å². The summed E-state index contributed by atoms with van der Waals surface area (Å²) in [5, 5.41) is 5.91. The van der Waals surface area contributed by atoms with E-state index in [0.29, 0.717) is 24.3 Å². The fraction of sp³-hybridized carbons (Fsp3) is 0.417. The first-order valence-electron chi connectivity index (χ1n) is 10.2. The van der Waals surface area contributed by atoms with Gasteiger partial charge in [-0.2, -0.15) is 0 Å². The van der Waals surface area contributed by atoms with E-state index in [9.17, 15) is 9.59 Å². The molecule has 0 spiro atoms. The molecule has 0 aliphatic heterocycles. The fourth-order valence-corrected chi connectivity index (χ4v) is 5.06. The molecule has 0 saturated heterocycles. The lowest BCUT2D eigenvalue weighted by Gasteiger charge is -2.45. The molecule has 4 heteroatoms. The van der Waals surface area contributed by atoms with Crippen LogP contribution in [0.3, 0.4) is 0 Å². The van der Waals surface area contributed by atoms with E-state index in [1.165, 1.54) is 29.2 Å². The highest BCUT2D eigenvalue weighted by molar-refractivity contribution is 5.87. The molecule has 0 aromatic heterocycles. The highest BCUT2D eigenvalue weighted by atomic mass is 16.2. The number of hydrogen-bond acceptors (Lipinski definition) is 2. The van der Waals surface area contributed by atoms with Crippen molar-refractivity contribution in [3.05, 3.63) is 70.8 Å². The average Bonchev–Trinajstić information content (AvgIpc) is 2.70. The SMILES string of the molecule is CC(=O)NC(C(=O)NCC1CC2c3ccccc3C1c1ccccc12)C(C)C.